The SMILES string of the molecule is CCOC(=O)CC(=O)COc1cc(F)cc(F)c1. The monoisotopic (exact) mass is 258 g/mol. The molecule has 0 unspecified atom stereocenters. The molecule has 0 saturated carbocycles. The predicted molar refractivity (Wildman–Crippen MR) is 58.1 cm³/mol. The molecule has 1 rings (SSSR count). The van der Waals surface area contributed by atoms with Gasteiger partial charge in [0.05, 0.1) is 6.61 Å². The fraction of sp³-hybridized carbons (Fsp3) is 0.333. The molecule has 0 N–H and O–H groups in total. The highest BCUT2D eigenvalue weighted by molar-refractivity contribution is 5.96. The van der Waals surface area contributed by atoms with Crippen LogP contribution in [0.3, 0.4) is 0 Å². The van der Waals surface area contributed by atoms with Crippen LogP contribution in [-0.4, -0.2) is 25.0 Å². The molecular formula is C12H12F2O4. The Morgan fingerprint density at radius 2 is 1.78 bits per heavy atom. The van der Waals surface area contributed by atoms with E-state index in [4.69, 9.17) is 4.74 Å². The van der Waals surface area contributed by atoms with Crippen LogP contribution < -0.4 is 4.74 Å². The quantitative estimate of drug-likeness (QED) is 0.577. The second-order valence-electron chi connectivity index (χ2n) is 3.41. The zero-order valence-electron chi connectivity index (χ0n) is 9.74. The van der Waals surface area contributed by atoms with Crippen molar-refractivity contribution in [3.05, 3.63) is 29.8 Å². The third kappa shape index (κ3) is 4.90. The molecule has 0 radical (unpaired) electrons. The fourth-order valence-corrected chi connectivity index (χ4v) is 1.20. The Hall–Kier alpha value is -1.98. The van der Waals surface area contributed by atoms with Gasteiger partial charge in [0.25, 0.3) is 0 Å². The van der Waals surface area contributed by atoms with Crippen LogP contribution in [0.4, 0.5) is 8.78 Å². The Labute approximate surface area is 103 Å². The van der Waals surface area contributed by atoms with E-state index in [0.29, 0.717) is 6.07 Å². The molecule has 0 saturated heterocycles. The van der Waals surface area contributed by atoms with E-state index in [1.807, 2.05) is 0 Å². The lowest BCUT2D eigenvalue weighted by molar-refractivity contribution is -0.145. The molecule has 0 fully saturated rings. The molecule has 0 aliphatic heterocycles. The van der Waals surface area contributed by atoms with Gasteiger partial charge >= 0.3 is 5.97 Å². The molecule has 1 aromatic rings. The molecular weight excluding hydrogens is 246 g/mol. The van der Waals surface area contributed by atoms with Crippen molar-refractivity contribution in [1.82, 2.24) is 0 Å². The second kappa shape index (κ2) is 6.68. The zero-order chi connectivity index (χ0) is 13.5. The van der Waals surface area contributed by atoms with Gasteiger partial charge in [0, 0.05) is 18.2 Å². The lowest BCUT2D eigenvalue weighted by atomic mass is 10.3. The molecule has 0 bridgehead atoms. The average Bonchev–Trinajstić information content (AvgIpc) is 2.25. The number of carbonyl (C=O) groups is 2. The first-order valence-electron chi connectivity index (χ1n) is 5.27. The number of ketones is 1. The Balaban J connectivity index is 2.45. The van der Waals surface area contributed by atoms with Gasteiger partial charge in [-0.05, 0) is 6.92 Å². The first kappa shape index (κ1) is 14.1. The number of halogens is 2. The molecule has 0 spiro atoms. The number of Topliss-reactive ketones (excluding diaryl/α,β-unsaturated/α-hetero) is 1. The van der Waals surface area contributed by atoms with Crippen molar-refractivity contribution in [2.24, 2.45) is 0 Å². The summed E-state index contributed by atoms with van der Waals surface area (Å²) in [6.45, 7) is 1.36. The van der Waals surface area contributed by atoms with Crippen LogP contribution in [-0.2, 0) is 14.3 Å². The number of rotatable bonds is 6. The van der Waals surface area contributed by atoms with E-state index in [9.17, 15) is 18.4 Å². The summed E-state index contributed by atoms with van der Waals surface area (Å²) in [6.07, 6.45) is -0.425. The number of benzene rings is 1. The minimum Gasteiger partial charge on any atom is -0.486 e. The summed E-state index contributed by atoms with van der Waals surface area (Å²) < 4.78 is 35.0. The maximum Gasteiger partial charge on any atom is 0.313 e. The van der Waals surface area contributed by atoms with Gasteiger partial charge in [-0.1, -0.05) is 0 Å². The summed E-state index contributed by atoms with van der Waals surface area (Å²) in [4.78, 5) is 22.2. The fourth-order valence-electron chi connectivity index (χ4n) is 1.20. The molecule has 4 nitrogen and oxygen atoms in total. The van der Waals surface area contributed by atoms with E-state index in [2.05, 4.69) is 4.74 Å². The van der Waals surface area contributed by atoms with Gasteiger partial charge in [0.15, 0.2) is 5.78 Å². The van der Waals surface area contributed by atoms with Crippen molar-refractivity contribution in [2.45, 2.75) is 13.3 Å². The van der Waals surface area contributed by atoms with Gasteiger partial charge in [-0.2, -0.15) is 0 Å². The highest BCUT2D eigenvalue weighted by Gasteiger charge is 2.11. The lowest BCUT2D eigenvalue weighted by Gasteiger charge is -2.05. The molecule has 98 valence electrons. The minimum absolute atomic E-state index is 0.107. The highest BCUT2D eigenvalue weighted by atomic mass is 19.1. The largest absolute Gasteiger partial charge is 0.486 e. The van der Waals surface area contributed by atoms with Crippen LogP contribution in [0.5, 0.6) is 5.75 Å². The van der Waals surface area contributed by atoms with Crippen molar-refractivity contribution in [3.8, 4) is 5.75 Å². The summed E-state index contributed by atoms with van der Waals surface area (Å²) in [5.41, 5.74) is 0. The van der Waals surface area contributed by atoms with Gasteiger partial charge in [-0.25, -0.2) is 8.78 Å². The molecule has 1 aromatic carbocycles. The maximum atomic E-state index is 12.8. The topological polar surface area (TPSA) is 52.6 Å². The molecule has 6 heteroatoms. The van der Waals surface area contributed by atoms with Gasteiger partial charge in [-0.3, -0.25) is 9.59 Å². The number of carbonyl (C=O) groups excluding carboxylic acids is 2. The minimum atomic E-state index is -0.803. The van der Waals surface area contributed by atoms with Gasteiger partial charge in [-0.15, -0.1) is 0 Å². The van der Waals surface area contributed by atoms with Crippen LogP contribution in [0, 0.1) is 11.6 Å². The summed E-state index contributed by atoms with van der Waals surface area (Å²) >= 11 is 0. The van der Waals surface area contributed by atoms with E-state index >= 15 is 0 Å². The van der Waals surface area contributed by atoms with E-state index < -0.39 is 36.4 Å². The molecule has 18 heavy (non-hydrogen) atoms. The maximum absolute atomic E-state index is 12.8. The van der Waals surface area contributed by atoms with Crippen molar-refractivity contribution < 1.29 is 27.8 Å². The lowest BCUT2D eigenvalue weighted by Crippen LogP contribution is -2.17. The summed E-state index contributed by atoms with van der Waals surface area (Å²) in [5.74, 6) is -2.90. The first-order chi connectivity index (χ1) is 8.51. The summed E-state index contributed by atoms with van der Waals surface area (Å²) in [5, 5.41) is 0. The van der Waals surface area contributed by atoms with Crippen LogP contribution >= 0.6 is 0 Å². The Morgan fingerprint density at radius 3 is 2.33 bits per heavy atom. The number of hydrogen-bond acceptors (Lipinski definition) is 4. The molecule has 0 amide bonds. The third-order valence-corrected chi connectivity index (χ3v) is 1.88. The molecule has 0 atom stereocenters. The van der Waals surface area contributed by atoms with Gasteiger partial charge < -0.3 is 9.47 Å². The van der Waals surface area contributed by atoms with E-state index in [-0.39, 0.29) is 12.4 Å². The van der Waals surface area contributed by atoms with Crippen molar-refractivity contribution in [2.75, 3.05) is 13.2 Å². The van der Waals surface area contributed by atoms with Crippen molar-refractivity contribution in [3.63, 3.8) is 0 Å². The summed E-state index contributed by atoms with van der Waals surface area (Å²) in [6, 6.07) is 2.58. The Bertz CT molecular complexity index is 425. The zero-order valence-corrected chi connectivity index (χ0v) is 9.74. The van der Waals surface area contributed by atoms with Crippen LogP contribution in [0.2, 0.25) is 0 Å². The number of esters is 1. The Kier molecular flexibility index (Phi) is 5.23. The van der Waals surface area contributed by atoms with Crippen LogP contribution in [0.15, 0.2) is 18.2 Å². The predicted octanol–water partition coefficient (Wildman–Crippen LogP) is 1.87. The Morgan fingerprint density at radius 1 is 1.17 bits per heavy atom. The standard InChI is InChI=1S/C12H12F2O4/c1-2-17-12(16)6-10(15)7-18-11-4-8(13)3-9(14)5-11/h3-5H,2,6-7H2,1H3. The number of hydrogen-bond donors (Lipinski definition) is 0. The van der Waals surface area contributed by atoms with Gasteiger partial charge in [0.1, 0.15) is 30.4 Å². The van der Waals surface area contributed by atoms with Crippen LogP contribution in [0.1, 0.15) is 13.3 Å². The van der Waals surface area contributed by atoms with E-state index in [1.54, 1.807) is 6.92 Å². The smallest absolute Gasteiger partial charge is 0.313 e. The molecule has 0 aliphatic carbocycles. The summed E-state index contributed by atoms with van der Waals surface area (Å²) in [7, 11) is 0. The van der Waals surface area contributed by atoms with E-state index in [0.717, 1.165) is 12.1 Å². The van der Waals surface area contributed by atoms with Crippen LogP contribution in [0.25, 0.3) is 0 Å². The number of ether oxygens (including phenoxy) is 2. The molecule has 0 aromatic heterocycles. The third-order valence-electron chi connectivity index (χ3n) is 1.88. The van der Waals surface area contributed by atoms with E-state index in [1.165, 1.54) is 0 Å². The van der Waals surface area contributed by atoms with Gasteiger partial charge in [0.2, 0.25) is 0 Å². The highest BCUT2D eigenvalue weighted by Crippen LogP contribution is 2.15. The van der Waals surface area contributed by atoms with Crippen molar-refractivity contribution in [1.29, 1.82) is 0 Å². The second-order valence-corrected chi connectivity index (χ2v) is 3.41. The normalized spacial score (nSPS) is 9.94. The van der Waals surface area contributed by atoms with Crippen molar-refractivity contribution >= 4 is 11.8 Å². The molecule has 0 aliphatic rings. The average molecular weight is 258 g/mol. The first-order valence-corrected chi connectivity index (χ1v) is 5.27. The molecule has 0 heterocycles.